The molecule has 72 valence electrons. The molecule has 1 aromatic carbocycles. The Kier molecular flexibility index (Phi) is 2.60. The third kappa shape index (κ3) is 1.67. The van der Waals surface area contributed by atoms with E-state index in [9.17, 15) is 0 Å². The normalized spacial score (nSPS) is 11.5. The van der Waals surface area contributed by atoms with Gasteiger partial charge in [-0.2, -0.15) is 5.10 Å². The van der Waals surface area contributed by atoms with Crippen molar-refractivity contribution in [3.8, 4) is 0 Å². The SMILES string of the molecule is NCCC=Cc1cccc2[nH]ncc12. The maximum Gasteiger partial charge on any atom is 0.0656 e. The summed E-state index contributed by atoms with van der Waals surface area (Å²) in [6.45, 7) is 0.692. The van der Waals surface area contributed by atoms with Gasteiger partial charge in [0.05, 0.1) is 11.7 Å². The Bertz CT molecular complexity index is 442. The van der Waals surface area contributed by atoms with Gasteiger partial charge in [-0.3, -0.25) is 5.10 Å². The van der Waals surface area contributed by atoms with Crippen LogP contribution in [0.25, 0.3) is 17.0 Å². The van der Waals surface area contributed by atoms with Gasteiger partial charge in [-0.25, -0.2) is 0 Å². The van der Waals surface area contributed by atoms with Crippen molar-refractivity contribution >= 4 is 17.0 Å². The molecule has 0 unspecified atom stereocenters. The fraction of sp³-hybridized carbons (Fsp3) is 0.182. The molecule has 0 fully saturated rings. The first-order valence-electron chi connectivity index (χ1n) is 4.70. The predicted octanol–water partition coefficient (Wildman–Crippen LogP) is 1.92. The molecule has 3 nitrogen and oxygen atoms in total. The molecule has 1 heterocycles. The molecule has 2 rings (SSSR count). The molecule has 3 heteroatoms. The molecule has 3 N–H and O–H groups in total. The quantitative estimate of drug-likeness (QED) is 0.771. The number of nitrogens with one attached hydrogen (secondary N) is 1. The van der Waals surface area contributed by atoms with Gasteiger partial charge in [0.2, 0.25) is 0 Å². The van der Waals surface area contributed by atoms with Crippen molar-refractivity contribution in [2.24, 2.45) is 5.73 Å². The number of hydrogen-bond acceptors (Lipinski definition) is 2. The number of aromatic amines is 1. The van der Waals surface area contributed by atoms with E-state index in [1.54, 1.807) is 0 Å². The van der Waals surface area contributed by atoms with E-state index < -0.39 is 0 Å². The van der Waals surface area contributed by atoms with E-state index in [0.717, 1.165) is 17.3 Å². The number of rotatable bonds is 3. The average Bonchev–Trinajstić information content (AvgIpc) is 2.67. The number of benzene rings is 1. The number of H-pyrrole nitrogens is 1. The van der Waals surface area contributed by atoms with Crippen LogP contribution in [0.5, 0.6) is 0 Å². The molecule has 2 aromatic rings. The molecule has 0 saturated heterocycles. The Balaban J connectivity index is 2.36. The second-order valence-electron chi connectivity index (χ2n) is 3.16. The number of nitrogens with two attached hydrogens (primary N) is 1. The zero-order valence-electron chi connectivity index (χ0n) is 7.90. The van der Waals surface area contributed by atoms with Crippen LogP contribution in [0.15, 0.2) is 30.5 Å². The Morgan fingerprint density at radius 2 is 2.36 bits per heavy atom. The lowest BCUT2D eigenvalue weighted by Gasteiger charge is -1.94. The molecular formula is C11H13N3. The van der Waals surface area contributed by atoms with Crippen LogP contribution in [-0.4, -0.2) is 16.7 Å². The molecule has 0 saturated carbocycles. The second kappa shape index (κ2) is 4.07. The van der Waals surface area contributed by atoms with Crippen LogP contribution >= 0.6 is 0 Å². The van der Waals surface area contributed by atoms with Crippen LogP contribution in [-0.2, 0) is 0 Å². The topological polar surface area (TPSA) is 54.7 Å². The van der Waals surface area contributed by atoms with Gasteiger partial charge < -0.3 is 5.73 Å². The molecular weight excluding hydrogens is 174 g/mol. The van der Waals surface area contributed by atoms with Crippen LogP contribution in [0.3, 0.4) is 0 Å². The van der Waals surface area contributed by atoms with Gasteiger partial charge in [0.1, 0.15) is 0 Å². The lowest BCUT2D eigenvalue weighted by Crippen LogP contribution is -1.94. The third-order valence-corrected chi connectivity index (χ3v) is 2.15. The standard InChI is InChI=1S/C11H13N3/c12-7-2-1-4-9-5-3-6-11-10(9)8-13-14-11/h1,3-6,8H,2,7,12H2,(H,13,14). The van der Waals surface area contributed by atoms with Crippen LogP contribution in [0, 0.1) is 0 Å². The minimum atomic E-state index is 0.692. The van der Waals surface area contributed by atoms with E-state index in [0.29, 0.717) is 6.54 Å². The van der Waals surface area contributed by atoms with E-state index >= 15 is 0 Å². The summed E-state index contributed by atoms with van der Waals surface area (Å²) < 4.78 is 0. The second-order valence-corrected chi connectivity index (χ2v) is 3.16. The van der Waals surface area contributed by atoms with Gasteiger partial charge in [0.15, 0.2) is 0 Å². The molecule has 0 bridgehead atoms. The van der Waals surface area contributed by atoms with Crippen LogP contribution in [0.4, 0.5) is 0 Å². The highest BCUT2D eigenvalue weighted by Crippen LogP contribution is 2.17. The summed E-state index contributed by atoms with van der Waals surface area (Å²) in [4.78, 5) is 0. The molecule has 0 aliphatic rings. The first-order chi connectivity index (χ1) is 6.92. The molecule has 1 aromatic heterocycles. The van der Waals surface area contributed by atoms with E-state index in [1.807, 2.05) is 18.3 Å². The monoisotopic (exact) mass is 187 g/mol. The van der Waals surface area contributed by atoms with E-state index in [4.69, 9.17) is 5.73 Å². The van der Waals surface area contributed by atoms with Crippen LogP contribution in [0.2, 0.25) is 0 Å². The maximum atomic E-state index is 5.42. The van der Waals surface area contributed by atoms with Crippen molar-refractivity contribution < 1.29 is 0 Å². The highest BCUT2D eigenvalue weighted by molar-refractivity contribution is 5.87. The average molecular weight is 187 g/mol. The highest BCUT2D eigenvalue weighted by Gasteiger charge is 1.97. The summed E-state index contributed by atoms with van der Waals surface area (Å²) in [5, 5.41) is 8.10. The van der Waals surface area contributed by atoms with Crippen LogP contribution in [0.1, 0.15) is 12.0 Å². The van der Waals surface area contributed by atoms with Gasteiger partial charge in [0, 0.05) is 5.39 Å². The van der Waals surface area contributed by atoms with Crippen molar-refractivity contribution in [3.63, 3.8) is 0 Å². The third-order valence-electron chi connectivity index (χ3n) is 2.15. The molecule has 14 heavy (non-hydrogen) atoms. The number of nitrogens with zero attached hydrogens (tertiary/aromatic N) is 1. The van der Waals surface area contributed by atoms with Gasteiger partial charge in [-0.05, 0) is 24.6 Å². The highest BCUT2D eigenvalue weighted by atomic mass is 15.1. The zero-order chi connectivity index (χ0) is 9.80. The van der Waals surface area contributed by atoms with E-state index in [-0.39, 0.29) is 0 Å². The minimum Gasteiger partial charge on any atom is -0.330 e. The van der Waals surface area contributed by atoms with Crippen molar-refractivity contribution in [3.05, 3.63) is 36.0 Å². The molecule has 0 spiro atoms. The van der Waals surface area contributed by atoms with Crippen molar-refractivity contribution in [1.82, 2.24) is 10.2 Å². The summed E-state index contributed by atoms with van der Waals surface area (Å²) in [6.07, 6.45) is 6.93. The largest absolute Gasteiger partial charge is 0.330 e. The predicted molar refractivity (Wildman–Crippen MR) is 58.8 cm³/mol. The first-order valence-corrected chi connectivity index (χ1v) is 4.70. The fourth-order valence-electron chi connectivity index (χ4n) is 1.44. The van der Waals surface area contributed by atoms with Crippen molar-refractivity contribution in [2.45, 2.75) is 6.42 Å². The maximum absolute atomic E-state index is 5.42. The lowest BCUT2D eigenvalue weighted by atomic mass is 10.1. The summed E-state index contributed by atoms with van der Waals surface area (Å²) in [5.74, 6) is 0. The Labute approximate surface area is 82.6 Å². The molecule has 0 aliphatic heterocycles. The molecule has 0 atom stereocenters. The molecule has 0 aliphatic carbocycles. The fourth-order valence-corrected chi connectivity index (χ4v) is 1.44. The van der Waals surface area contributed by atoms with Crippen molar-refractivity contribution in [2.75, 3.05) is 6.54 Å². The Hall–Kier alpha value is -1.61. The van der Waals surface area contributed by atoms with E-state index in [1.165, 1.54) is 5.56 Å². The first kappa shape index (κ1) is 8.97. The van der Waals surface area contributed by atoms with E-state index in [2.05, 4.69) is 28.4 Å². The number of aromatic nitrogens is 2. The van der Waals surface area contributed by atoms with Gasteiger partial charge in [-0.15, -0.1) is 0 Å². The van der Waals surface area contributed by atoms with Crippen molar-refractivity contribution in [1.29, 1.82) is 0 Å². The van der Waals surface area contributed by atoms with Crippen LogP contribution < -0.4 is 5.73 Å². The summed E-state index contributed by atoms with van der Waals surface area (Å²) in [7, 11) is 0. The lowest BCUT2D eigenvalue weighted by molar-refractivity contribution is 1.01. The summed E-state index contributed by atoms with van der Waals surface area (Å²) in [6, 6.07) is 6.11. The molecule has 0 radical (unpaired) electrons. The summed E-state index contributed by atoms with van der Waals surface area (Å²) >= 11 is 0. The smallest absolute Gasteiger partial charge is 0.0656 e. The van der Waals surface area contributed by atoms with Gasteiger partial charge in [0.25, 0.3) is 0 Å². The number of hydrogen-bond donors (Lipinski definition) is 2. The Morgan fingerprint density at radius 3 is 3.21 bits per heavy atom. The summed E-state index contributed by atoms with van der Waals surface area (Å²) in [5.41, 5.74) is 7.67. The van der Waals surface area contributed by atoms with Gasteiger partial charge in [-0.1, -0.05) is 24.3 Å². The van der Waals surface area contributed by atoms with Gasteiger partial charge >= 0.3 is 0 Å². The molecule has 0 amide bonds. The minimum absolute atomic E-state index is 0.692. The zero-order valence-corrected chi connectivity index (χ0v) is 7.90. The Morgan fingerprint density at radius 1 is 1.43 bits per heavy atom. The number of fused-ring (bicyclic) bond motifs is 1.